The first kappa shape index (κ1) is 77.0. The average Bonchev–Trinajstić information content (AvgIpc) is 0.775. The smallest absolute Gasteiger partial charge is 0.332 e. The van der Waals surface area contributed by atoms with Gasteiger partial charge in [-0.3, -0.25) is 19.2 Å². The zero-order valence-corrected chi connectivity index (χ0v) is 50.8. The van der Waals surface area contributed by atoms with Crippen LogP contribution in [-0.4, -0.2) is 382 Å². The Balaban J connectivity index is 1.08. The summed E-state index contributed by atoms with van der Waals surface area (Å²) in [5.41, 5.74) is 0. The molecular formula is C53H89N3O37. The van der Waals surface area contributed by atoms with Gasteiger partial charge >= 0.3 is 5.97 Å². The van der Waals surface area contributed by atoms with Crippen molar-refractivity contribution in [3.8, 4) is 0 Å². The number of carbonyl (C=O) groups is 4. The highest BCUT2D eigenvalue weighted by atomic mass is 16.9. The number of hydrogen-bond donors (Lipinski definition) is 22. The fourth-order valence-corrected chi connectivity index (χ4v) is 12.2. The SMILES string of the molecule is CC(=O)NC1C(O)[C@H](O[C@@H]2OC(CO)[C@H](O)[C@H](O[C@]3(OC=O)C[C@@H](O)[C@@H](C)C([C@H](O)[C@H](O)CO)O3)C2O)[C@H](CO)O[C@H]1OC1[C@@H](OCC2O[C@@H](O[C@@H]3C(CO)O[C@@H](O[C@@H]4C(CO)O[C@@H](C)[C@@H](NC(C)=O)C4O)[C@@H](NC(C)=O)C3O)[C@H](O)C(O)[C@@H]2O)OC(CO)[C@@H](O)[C@@H]1O. The van der Waals surface area contributed by atoms with Gasteiger partial charge < -0.3 is 179 Å². The minimum absolute atomic E-state index is 0.215. The number of ether oxygens (including phenoxy) is 14. The maximum atomic E-state index is 12.8. The second kappa shape index (κ2) is 33.4. The Hall–Kier alpha value is -3.40. The van der Waals surface area contributed by atoms with Gasteiger partial charge in [0, 0.05) is 26.7 Å². The maximum Gasteiger partial charge on any atom is 0.332 e. The van der Waals surface area contributed by atoms with Crippen LogP contribution in [0.2, 0.25) is 0 Å². The molecule has 0 aromatic rings. The zero-order valence-electron chi connectivity index (χ0n) is 50.8. The van der Waals surface area contributed by atoms with Gasteiger partial charge in [-0.1, -0.05) is 6.92 Å². The number of aliphatic hydroxyl groups excluding tert-OH is 19. The fraction of sp³-hybridized carbons (Fsp3) is 0.925. The van der Waals surface area contributed by atoms with Crippen LogP contribution in [0.15, 0.2) is 0 Å². The standard InChI is InChI=1S/C53H89N3O37/c1-15-20(67)6-53(81-14-63,92-42(15)31(69)21(68)7-57)93-46-34(72)23(9-59)83-51(41(46)79)90-45-26(12-62)86-49(30(37(45)75)56-19(5)66)91-47-39(77)32(70)22(8-58)84-52(47)80-13-27-33(71)38(76)40(78)50(87-27)89-44-25(11-61)85-48(29(36(44)74)55-18(4)65)88-43-24(10-60)82-16(2)28(35(43)73)54-17(3)64/h14-16,20-52,57-62,67-79H,6-13H2,1-5H3,(H,54,64)(H,55,65)(H,56,66)/t15-,16+,20-,21-,22?,23?,24?,25?,26+,27?,28-,29+,30?,31-,32-,33-,34+,35?,36?,37?,38?,39+,40-,41?,42?,43-,44-,45-,46+,47?,48+,49+,50+,51+,52+,53+/m1/s1. The lowest BCUT2D eigenvalue weighted by molar-refractivity contribution is -0.448. The van der Waals surface area contributed by atoms with Crippen molar-refractivity contribution in [3.05, 3.63) is 0 Å². The van der Waals surface area contributed by atoms with E-state index in [1.165, 1.54) is 20.8 Å². The Kier molecular flexibility index (Phi) is 27.7. The average molecular weight is 1360 g/mol. The minimum Gasteiger partial charge on any atom is -0.410 e. The summed E-state index contributed by atoms with van der Waals surface area (Å²) in [6, 6.07) is -4.65. The molecule has 7 rings (SSSR count). The van der Waals surface area contributed by atoms with E-state index in [0.29, 0.717) is 0 Å². The van der Waals surface area contributed by atoms with Crippen LogP contribution in [0.5, 0.6) is 0 Å². The van der Waals surface area contributed by atoms with Gasteiger partial charge in [-0.15, -0.1) is 0 Å². The molecule has 7 aliphatic heterocycles. The number of carbonyl (C=O) groups excluding carboxylic acids is 4. The van der Waals surface area contributed by atoms with Gasteiger partial charge in [0.25, 0.3) is 6.47 Å². The van der Waals surface area contributed by atoms with Crippen molar-refractivity contribution in [2.45, 2.75) is 255 Å². The molecule has 0 aromatic heterocycles. The summed E-state index contributed by atoms with van der Waals surface area (Å²) >= 11 is 0. The van der Waals surface area contributed by atoms with Crippen LogP contribution in [0.3, 0.4) is 0 Å². The van der Waals surface area contributed by atoms with Crippen molar-refractivity contribution in [2.24, 2.45) is 5.92 Å². The summed E-state index contributed by atoms with van der Waals surface area (Å²) in [6.45, 7) is -1.07. The molecule has 40 heteroatoms. The summed E-state index contributed by atoms with van der Waals surface area (Å²) < 4.78 is 81.6. The Morgan fingerprint density at radius 2 is 0.903 bits per heavy atom. The largest absolute Gasteiger partial charge is 0.410 e. The zero-order chi connectivity index (χ0) is 68.8. The molecule has 0 aromatic carbocycles. The van der Waals surface area contributed by atoms with Gasteiger partial charge in [0.1, 0.15) is 152 Å². The molecule has 40 nitrogen and oxygen atoms in total. The van der Waals surface area contributed by atoms with Crippen molar-refractivity contribution >= 4 is 24.2 Å². The summed E-state index contributed by atoms with van der Waals surface area (Å²) in [7, 11) is 0. The van der Waals surface area contributed by atoms with E-state index in [-0.39, 0.29) is 6.47 Å². The van der Waals surface area contributed by atoms with Crippen molar-refractivity contribution in [1.82, 2.24) is 16.0 Å². The van der Waals surface area contributed by atoms with E-state index in [2.05, 4.69) is 16.0 Å². The van der Waals surface area contributed by atoms with E-state index in [1.807, 2.05) is 0 Å². The van der Waals surface area contributed by atoms with Gasteiger partial charge in [-0.25, -0.2) is 0 Å². The molecule has 3 amide bonds. The molecular weight excluding hydrogens is 1270 g/mol. The van der Waals surface area contributed by atoms with Crippen molar-refractivity contribution in [1.29, 1.82) is 0 Å². The van der Waals surface area contributed by atoms with Crippen LogP contribution in [0, 0.1) is 5.92 Å². The topological polar surface area (TPSA) is 618 Å². The number of hydrogen-bond acceptors (Lipinski definition) is 37. The van der Waals surface area contributed by atoms with E-state index in [4.69, 9.17) is 66.3 Å². The Morgan fingerprint density at radius 3 is 1.40 bits per heavy atom. The third-order valence-electron chi connectivity index (χ3n) is 17.2. The van der Waals surface area contributed by atoms with Crippen LogP contribution in [0.25, 0.3) is 0 Å². The lowest BCUT2D eigenvalue weighted by Crippen LogP contribution is -2.70. The first-order chi connectivity index (χ1) is 43.9. The van der Waals surface area contributed by atoms with E-state index in [9.17, 15) is 116 Å². The van der Waals surface area contributed by atoms with Gasteiger partial charge in [0.2, 0.25) is 17.7 Å². The first-order valence-electron chi connectivity index (χ1n) is 29.9. The molecule has 0 spiro atoms. The second-order valence-electron chi connectivity index (χ2n) is 23.8. The van der Waals surface area contributed by atoms with E-state index < -0.39 is 291 Å². The van der Waals surface area contributed by atoms with E-state index in [1.54, 1.807) is 0 Å². The molecule has 7 aliphatic rings. The van der Waals surface area contributed by atoms with Crippen LogP contribution >= 0.6 is 0 Å². The highest BCUT2D eigenvalue weighted by molar-refractivity contribution is 5.74. The lowest BCUT2D eigenvalue weighted by atomic mass is 9.87. The summed E-state index contributed by atoms with van der Waals surface area (Å²) in [5.74, 6) is -6.11. The van der Waals surface area contributed by atoms with Gasteiger partial charge in [-0.2, -0.15) is 0 Å². The number of rotatable bonds is 26. The molecule has 13 unspecified atom stereocenters. The van der Waals surface area contributed by atoms with Gasteiger partial charge in [-0.05, 0) is 6.92 Å². The molecule has 7 heterocycles. The molecule has 93 heavy (non-hydrogen) atoms. The van der Waals surface area contributed by atoms with Crippen molar-refractivity contribution in [3.63, 3.8) is 0 Å². The van der Waals surface area contributed by atoms with Crippen molar-refractivity contribution < 1.29 is 183 Å². The Morgan fingerprint density at radius 1 is 0.484 bits per heavy atom. The first-order valence-corrected chi connectivity index (χ1v) is 29.9. The van der Waals surface area contributed by atoms with E-state index >= 15 is 0 Å². The maximum absolute atomic E-state index is 12.8. The summed E-state index contributed by atoms with van der Waals surface area (Å²) in [4.78, 5) is 49.3. The fourth-order valence-electron chi connectivity index (χ4n) is 12.2. The third kappa shape index (κ3) is 17.2. The predicted octanol–water partition coefficient (Wildman–Crippen LogP) is -14.2. The summed E-state index contributed by atoms with van der Waals surface area (Å²) in [6.07, 6.45) is -59.2. The van der Waals surface area contributed by atoms with Crippen LogP contribution in [-0.2, 0) is 85.5 Å². The van der Waals surface area contributed by atoms with E-state index in [0.717, 1.165) is 13.8 Å². The second-order valence-corrected chi connectivity index (χ2v) is 23.8. The highest BCUT2D eigenvalue weighted by Crippen LogP contribution is 2.41. The molecule has 0 bridgehead atoms. The number of nitrogens with one attached hydrogen (secondary N) is 3. The highest BCUT2D eigenvalue weighted by Gasteiger charge is 2.60. The van der Waals surface area contributed by atoms with Gasteiger partial charge in [0.05, 0.1) is 77.0 Å². The molecule has 0 aliphatic carbocycles. The molecule has 7 fully saturated rings. The molecule has 0 radical (unpaired) electrons. The molecule has 36 atom stereocenters. The monoisotopic (exact) mass is 1360 g/mol. The Labute approximate surface area is 529 Å². The Bertz CT molecular complexity index is 2380. The number of amides is 3. The van der Waals surface area contributed by atoms with Crippen LogP contribution in [0.1, 0.15) is 41.0 Å². The van der Waals surface area contributed by atoms with Crippen LogP contribution in [0.4, 0.5) is 0 Å². The number of aliphatic hydroxyl groups is 19. The molecule has 7 saturated heterocycles. The molecule has 538 valence electrons. The lowest BCUT2D eigenvalue weighted by Gasteiger charge is -2.51. The van der Waals surface area contributed by atoms with Crippen LogP contribution < -0.4 is 16.0 Å². The summed E-state index contributed by atoms with van der Waals surface area (Å²) in [5, 5.41) is 216. The normalized spacial score (nSPS) is 47.2. The van der Waals surface area contributed by atoms with Gasteiger partial charge in [0.15, 0.2) is 31.5 Å². The quantitative estimate of drug-likeness (QED) is 0.0282. The minimum atomic E-state index is -2.80. The van der Waals surface area contributed by atoms with Crippen molar-refractivity contribution in [2.75, 3.05) is 46.2 Å². The molecule has 22 N–H and O–H groups in total. The predicted molar refractivity (Wildman–Crippen MR) is 290 cm³/mol. The third-order valence-corrected chi connectivity index (χ3v) is 17.2. The molecule has 0 saturated carbocycles.